The lowest BCUT2D eigenvalue weighted by Gasteiger charge is -2.17. The van der Waals surface area contributed by atoms with Crippen LogP contribution in [0.5, 0.6) is 0 Å². The molecule has 0 saturated carbocycles. The summed E-state index contributed by atoms with van der Waals surface area (Å²) in [6, 6.07) is 3.75. The number of aliphatic hydroxyl groups is 1. The van der Waals surface area contributed by atoms with Gasteiger partial charge in [0.05, 0.1) is 12.3 Å². The highest BCUT2D eigenvalue weighted by Gasteiger charge is 2.11. The average Bonchev–Trinajstić information content (AvgIpc) is 2.64. The maximum atomic E-state index is 8.88. The van der Waals surface area contributed by atoms with E-state index in [0.29, 0.717) is 17.6 Å². The summed E-state index contributed by atoms with van der Waals surface area (Å²) in [5.41, 5.74) is 2.29. The predicted octanol–water partition coefficient (Wildman–Crippen LogP) is 1.41. The average molecular weight is 272 g/mol. The van der Waals surface area contributed by atoms with Crippen molar-refractivity contribution in [2.45, 2.75) is 0 Å². The summed E-state index contributed by atoms with van der Waals surface area (Å²) in [5, 5.41) is 16.5. The monoisotopic (exact) mass is 271 g/mol. The molecule has 1 aromatic heterocycles. The second-order valence-electron chi connectivity index (χ2n) is 3.20. The number of hydrogen-bond donors (Lipinski definition) is 1. The van der Waals surface area contributed by atoms with Crippen molar-refractivity contribution in [3.8, 4) is 0 Å². The van der Waals surface area contributed by atoms with Gasteiger partial charge >= 0.3 is 0 Å². The van der Waals surface area contributed by atoms with Crippen molar-refractivity contribution in [2.24, 2.45) is 0 Å². The van der Waals surface area contributed by atoms with Crippen LogP contribution in [0.3, 0.4) is 0 Å². The summed E-state index contributed by atoms with van der Waals surface area (Å²) in [6.45, 7) is 0.633. The lowest BCUT2D eigenvalue weighted by atomic mass is 10.2. The molecule has 0 unspecified atom stereocenters. The van der Waals surface area contributed by atoms with Gasteiger partial charge in [0.25, 0.3) is 0 Å². The Bertz CT molecular complexity index is 471. The Kier molecular flexibility index (Phi) is 2.88. The van der Waals surface area contributed by atoms with Crippen LogP contribution in [0, 0.1) is 0 Å². The van der Waals surface area contributed by atoms with Gasteiger partial charge < -0.3 is 10.0 Å². The molecule has 0 radical (unpaired) electrons. The van der Waals surface area contributed by atoms with Crippen molar-refractivity contribution < 1.29 is 9.74 Å². The maximum absolute atomic E-state index is 8.88. The first-order chi connectivity index (χ1) is 7.22. The Morgan fingerprint density at radius 1 is 1.47 bits per heavy atom. The van der Waals surface area contributed by atoms with Gasteiger partial charge in [0.2, 0.25) is 0 Å². The SMILES string of the molecule is CN(CCO)c1cc(Br)cc2nonc12. The molecule has 0 aliphatic rings. The molecule has 0 amide bonds. The summed E-state index contributed by atoms with van der Waals surface area (Å²) in [4.78, 5) is 1.90. The molecule has 1 heterocycles. The van der Waals surface area contributed by atoms with Gasteiger partial charge in [-0.25, -0.2) is 4.63 Å². The molecule has 5 nitrogen and oxygen atoms in total. The molecule has 15 heavy (non-hydrogen) atoms. The zero-order chi connectivity index (χ0) is 10.8. The smallest absolute Gasteiger partial charge is 0.158 e. The van der Waals surface area contributed by atoms with Crippen molar-refractivity contribution in [3.63, 3.8) is 0 Å². The van der Waals surface area contributed by atoms with Gasteiger partial charge in [-0.15, -0.1) is 0 Å². The van der Waals surface area contributed by atoms with Gasteiger partial charge in [-0.2, -0.15) is 0 Å². The summed E-state index contributed by atoms with van der Waals surface area (Å²) >= 11 is 3.39. The first-order valence-electron chi connectivity index (χ1n) is 4.46. The van der Waals surface area contributed by atoms with Crippen LogP contribution in [0.25, 0.3) is 11.0 Å². The highest BCUT2D eigenvalue weighted by Crippen LogP contribution is 2.27. The van der Waals surface area contributed by atoms with E-state index in [9.17, 15) is 0 Å². The molecule has 0 fully saturated rings. The fourth-order valence-electron chi connectivity index (χ4n) is 1.40. The molecule has 0 aliphatic carbocycles. The summed E-state index contributed by atoms with van der Waals surface area (Å²) in [6.07, 6.45) is 0. The van der Waals surface area contributed by atoms with Crippen molar-refractivity contribution in [1.82, 2.24) is 10.3 Å². The Morgan fingerprint density at radius 2 is 2.27 bits per heavy atom. The number of aliphatic hydroxyl groups excluding tert-OH is 1. The van der Waals surface area contributed by atoms with Gasteiger partial charge in [0.1, 0.15) is 5.52 Å². The Morgan fingerprint density at radius 3 is 3.00 bits per heavy atom. The molecule has 6 heteroatoms. The number of aromatic nitrogens is 2. The zero-order valence-electron chi connectivity index (χ0n) is 8.14. The molecule has 1 N–H and O–H groups in total. The molecule has 0 saturated heterocycles. The lowest BCUT2D eigenvalue weighted by molar-refractivity contribution is 0.304. The minimum Gasteiger partial charge on any atom is -0.395 e. The lowest BCUT2D eigenvalue weighted by Crippen LogP contribution is -2.21. The van der Waals surface area contributed by atoms with Crippen molar-refractivity contribution in [3.05, 3.63) is 16.6 Å². The Labute approximate surface area is 94.8 Å². The third kappa shape index (κ3) is 1.95. The second-order valence-corrected chi connectivity index (χ2v) is 4.12. The molecule has 0 spiro atoms. The number of likely N-dealkylation sites (N-methyl/N-ethyl adjacent to an activating group) is 1. The Balaban J connectivity index is 2.52. The third-order valence-corrected chi connectivity index (χ3v) is 2.61. The number of anilines is 1. The fraction of sp³-hybridized carbons (Fsp3) is 0.333. The molecule has 0 atom stereocenters. The third-order valence-electron chi connectivity index (χ3n) is 2.15. The van der Waals surface area contributed by atoms with Gasteiger partial charge in [0.15, 0.2) is 5.52 Å². The van der Waals surface area contributed by atoms with Crippen LogP contribution in [0.15, 0.2) is 21.2 Å². The van der Waals surface area contributed by atoms with Crippen molar-refractivity contribution in [2.75, 3.05) is 25.1 Å². The van der Waals surface area contributed by atoms with Crippen LogP contribution >= 0.6 is 15.9 Å². The van der Waals surface area contributed by atoms with Crippen LogP contribution in [-0.2, 0) is 0 Å². The maximum Gasteiger partial charge on any atom is 0.158 e. The van der Waals surface area contributed by atoms with Gasteiger partial charge in [-0.05, 0) is 22.4 Å². The van der Waals surface area contributed by atoms with Crippen molar-refractivity contribution >= 4 is 32.7 Å². The van der Waals surface area contributed by atoms with E-state index < -0.39 is 0 Å². The molecule has 0 aliphatic heterocycles. The van der Waals surface area contributed by atoms with E-state index in [-0.39, 0.29) is 6.61 Å². The Hall–Kier alpha value is -1.14. The van der Waals surface area contributed by atoms with E-state index in [0.717, 1.165) is 10.2 Å². The van der Waals surface area contributed by atoms with Crippen LogP contribution in [-0.4, -0.2) is 35.6 Å². The largest absolute Gasteiger partial charge is 0.395 e. The number of halogens is 1. The van der Waals surface area contributed by atoms with Crippen LogP contribution < -0.4 is 4.90 Å². The summed E-state index contributed by atoms with van der Waals surface area (Å²) in [7, 11) is 1.88. The number of nitrogens with zero attached hydrogens (tertiary/aromatic N) is 3. The minimum atomic E-state index is 0.0930. The molecule has 1 aromatic carbocycles. The topological polar surface area (TPSA) is 62.4 Å². The first-order valence-corrected chi connectivity index (χ1v) is 5.25. The highest BCUT2D eigenvalue weighted by atomic mass is 79.9. The van der Waals surface area contributed by atoms with E-state index in [2.05, 4.69) is 30.9 Å². The molecule has 2 rings (SSSR count). The fourth-order valence-corrected chi connectivity index (χ4v) is 1.83. The number of hydrogen-bond acceptors (Lipinski definition) is 5. The minimum absolute atomic E-state index is 0.0930. The van der Waals surface area contributed by atoms with Crippen LogP contribution in [0.4, 0.5) is 5.69 Å². The van der Waals surface area contributed by atoms with E-state index in [4.69, 9.17) is 5.11 Å². The first kappa shape index (κ1) is 10.4. The number of fused-ring (bicyclic) bond motifs is 1. The van der Waals surface area contributed by atoms with E-state index >= 15 is 0 Å². The molecule has 80 valence electrons. The van der Waals surface area contributed by atoms with E-state index in [1.54, 1.807) is 0 Å². The molecule has 0 bridgehead atoms. The summed E-state index contributed by atoms with van der Waals surface area (Å²) in [5.74, 6) is 0. The standard InChI is InChI=1S/C9H10BrN3O2/c1-13(2-3-14)8-5-6(10)4-7-9(8)12-15-11-7/h4-5,14H,2-3H2,1H3. The van der Waals surface area contributed by atoms with Crippen LogP contribution in [0.2, 0.25) is 0 Å². The predicted molar refractivity (Wildman–Crippen MR) is 59.9 cm³/mol. The van der Waals surface area contributed by atoms with Gasteiger partial charge in [-0.3, -0.25) is 0 Å². The molecular formula is C9H10BrN3O2. The van der Waals surface area contributed by atoms with Crippen molar-refractivity contribution in [1.29, 1.82) is 0 Å². The van der Waals surface area contributed by atoms with E-state index in [1.165, 1.54) is 0 Å². The summed E-state index contributed by atoms with van der Waals surface area (Å²) < 4.78 is 5.59. The van der Waals surface area contributed by atoms with Gasteiger partial charge in [-0.1, -0.05) is 15.9 Å². The van der Waals surface area contributed by atoms with Gasteiger partial charge in [0, 0.05) is 18.1 Å². The van der Waals surface area contributed by atoms with Crippen LogP contribution in [0.1, 0.15) is 0 Å². The number of rotatable bonds is 3. The second kappa shape index (κ2) is 4.16. The molecular weight excluding hydrogens is 262 g/mol. The van der Waals surface area contributed by atoms with E-state index in [1.807, 2.05) is 24.1 Å². The number of benzene rings is 1. The normalized spacial score (nSPS) is 10.9. The molecule has 2 aromatic rings. The zero-order valence-corrected chi connectivity index (χ0v) is 9.73. The highest BCUT2D eigenvalue weighted by molar-refractivity contribution is 9.10. The quantitative estimate of drug-likeness (QED) is 0.915.